The van der Waals surface area contributed by atoms with Crippen LogP contribution in [-0.2, 0) is 4.79 Å². The van der Waals surface area contributed by atoms with Crippen LogP contribution in [0.4, 0.5) is 0 Å². The molecule has 0 unspecified atom stereocenters. The first-order chi connectivity index (χ1) is 5.04. The fraction of sp³-hybridized carbons (Fsp3) is 0.625. The molecule has 11 heavy (non-hydrogen) atoms. The van der Waals surface area contributed by atoms with Crippen LogP contribution in [0.5, 0.6) is 0 Å². The molecule has 3 heteroatoms. The molecule has 0 aromatic rings. The first-order valence-corrected chi connectivity index (χ1v) is 8.67. The fourth-order valence-corrected chi connectivity index (χ4v) is 1.98. The Morgan fingerprint density at radius 2 is 2.09 bits per heavy atom. The molecule has 0 atom stereocenters. The number of hydrogen-bond acceptors (Lipinski definition) is 1. The van der Waals surface area contributed by atoms with Crippen molar-refractivity contribution in [1.29, 1.82) is 0 Å². The summed E-state index contributed by atoms with van der Waals surface area (Å²) < 4.78 is 0. The SMILES string of the molecule is C/C(=C\CC[As](C)C)C(=O)O. The van der Waals surface area contributed by atoms with Gasteiger partial charge in [-0.25, -0.2) is 0 Å². The van der Waals surface area contributed by atoms with Crippen LogP contribution >= 0.6 is 0 Å². The van der Waals surface area contributed by atoms with Crippen molar-refractivity contribution in [2.75, 3.05) is 0 Å². The Morgan fingerprint density at radius 1 is 1.55 bits per heavy atom. The van der Waals surface area contributed by atoms with E-state index in [-0.39, 0.29) is 0 Å². The molecule has 0 heterocycles. The van der Waals surface area contributed by atoms with Crippen molar-refractivity contribution in [2.24, 2.45) is 0 Å². The van der Waals surface area contributed by atoms with Crippen molar-refractivity contribution in [3.63, 3.8) is 0 Å². The van der Waals surface area contributed by atoms with E-state index in [1.54, 1.807) is 6.92 Å². The second kappa shape index (κ2) is 5.42. The third kappa shape index (κ3) is 6.18. The molecular formula is C8H15AsO2. The van der Waals surface area contributed by atoms with Crippen molar-refractivity contribution in [1.82, 2.24) is 0 Å². The number of carboxylic acid groups (broad SMARTS) is 1. The van der Waals surface area contributed by atoms with Crippen LogP contribution in [0.3, 0.4) is 0 Å². The summed E-state index contributed by atoms with van der Waals surface area (Å²) in [5.41, 5.74) is 5.02. The van der Waals surface area contributed by atoms with E-state index in [1.165, 1.54) is 5.21 Å². The fourth-order valence-electron chi connectivity index (χ4n) is 0.627. The third-order valence-corrected chi connectivity index (χ3v) is 3.78. The molecule has 2 nitrogen and oxygen atoms in total. The first-order valence-electron chi connectivity index (χ1n) is 3.59. The Morgan fingerprint density at radius 3 is 2.45 bits per heavy atom. The summed E-state index contributed by atoms with van der Waals surface area (Å²) in [6, 6.07) is 0. The van der Waals surface area contributed by atoms with Gasteiger partial charge >= 0.3 is 72.1 Å². The molecule has 64 valence electrons. The number of hydrogen-bond donors (Lipinski definition) is 1. The molecular weight excluding hydrogens is 203 g/mol. The number of carboxylic acids is 1. The van der Waals surface area contributed by atoms with Crippen LogP contribution in [0.2, 0.25) is 16.6 Å². The first kappa shape index (κ1) is 10.8. The Balaban J connectivity index is 3.65. The van der Waals surface area contributed by atoms with Gasteiger partial charge in [0.2, 0.25) is 0 Å². The Labute approximate surface area is 72.6 Å². The standard InChI is InChI=1S/C8H15AsO2/c1-7(8(10)11)5-4-6-9(2)3/h5H,4,6H2,1-3H3,(H,10,11)/b7-5+. The van der Waals surface area contributed by atoms with E-state index < -0.39 is 20.6 Å². The second-order valence-electron chi connectivity index (χ2n) is 2.78. The van der Waals surface area contributed by atoms with Crippen molar-refractivity contribution in [3.05, 3.63) is 11.6 Å². The quantitative estimate of drug-likeness (QED) is 0.580. The molecule has 0 fully saturated rings. The molecule has 0 aliphatic rings. The van der Waals surface area contributed by atoms with E-state index in [2.05, 4.69) is 11.4 Å². The summed E-state index contributed by atoms with van der Waals surface area (Å²) >= 11 is -0.556. The van der Waals surface area contributed by atoms with Crippen LogP contribution in [0.15, 0.2) is 11.6 Å². The van der Waals surface area contributed by atoms with Crippen molar-refractivity contribution < 1.29 is 9.90 Å². The Bertz CT molecular complexity index is 161. The summed E-state index contributed by atoms with van der Waals surface area (Å²) in [5, 5.41) is 9.70. The molecule has 1 N–H and O–H groups in total. The van der Waals surface area contributed by atoms with Gasteiger partial charge in [-0.2, -0.15) is 0 Å². The van der Waals surface area contributed by atoms with E-state index >= 15 is 0 Å². The zero-order valence-corrected chi connectivity index (χ0v) is 9.17. The van der Waals surface area contributed by atoms with Crippen LogP contribution in [0, 0.1) is 0 Å². The van der Waals surface area contributed by atoms with Gasteiger partial charge in [-0.3, -0.25) is 0 Å². The van der Waals surface area contributed by atoms with Gasteiger partial charge in [0.15, 0.2) is 0 Å². The van der Waals surface area contributed by atoms with E-state index in [9.17, 15) is 4.79 Å². The molecule has 0 aliphatic heterocycles. The Kier molecular flexibility index (Phi) is 5.31. The van der Waals surface area contributed by atoms with Gasteiger partial charge < -0.3 is 0 Å². The Hall–Kier alpha value is -0.232. The zero-order chi connectivity index (χ0) is 8.85. The minimum absolute atomic E-state index is 0.473. The average Bonchev–Trinajstić information content (AvgIpc) is 1.86. The maximum atomic E-state index is 10.3. The number of carbonyl (C=O) groups is 1. The van der Waals surface area contributed by atoms with Gasteiger partial charge in [-0.1, -0.05) is 0 Å². The van der Waals surface area contributed by atoms with E-state index in [0.29, 0.717) is 5.57 Å². The van der Waals surface area contributed by atoms with Crippen LogP contribution in [0.25, 0.3) is 0 Å². The zero-order valence-electron chi connectivity index (χ0n) is 7.29. The van der Waals surface area contributed by atoms with Gasteiger partial charge in [0.1, 0.15) is 0 Å². The molecule has 0 rings (SSSR count). The van der Waals surface area contributed by atoms with E-state index in [1.807, 2.05) is 6.08 Å². The molecule has 0 aromatic heterocycles. The number of rotatable bonds is 4. The molecule has 0 bridgehead atoms. The third-order valence-electron chi connectivity index (χ3n) is 1.36. The number of allylic oxidation sites excluding steroid dienone is 1. The summed E-state index contributed by atoms with van der Waals surface area (Å²) in [4.78, 5) is 10.3. The van der Waals surface area contributed by atoms with Gasteiger partial charge in [-0.05, 0) is 0 Å². The van der Waals surface area contributed by atoms with Gasteiger partial charge in [0.05, 0.1) is 0 Å². The summed E-state index contributed by atoms with van der Waals surface area (Å²) in [7, 11) is 0. The average molecular weight is 218 g/mol. The van der Waals surface area contributed by atoms with Crippen LogP contribution < -0.4 is 0 Å². The number of aliphatic carboxylic acids is 1. The molecule has 0 amide bonds. The van der Waals surface area contributed by atoms with E-state index in [0.717, 1.165) is 6.42 Å². The second-order valence-corrected chi connectivity index (χ2v) is 8.25. The van der Waals surface area contributed by atoms with Crippen molar-refractivity contribution in [3.8, 4) is 0 Å². The predicted octanol–water partition coefficient (Wildman–Crippen LogP) is 2.16. The van der Waals surface area contributed by atoms with Crippen molar-refractivity contribution in [2.45, 2.75) is 30.0 Å². The normalized spacial score (nSPS) is 12.2. The molecule has 0 saturated heterocycles. The summed E-state index contributed by atoms with van der Waals surface area (Å²) in [6.07, 6.45) is 2.75. The molecule has 0 spiro atoms. The molecule has 0 saturated carbocycles. The topological polar surface area (TPSA) is 37.3 Å². The summed E-state index contributed by atoms with van der Waals surface area (Å²) in [6.45, 7) is 1.64. The predicted molar refractivity (Wildman–Crippen MR) is 48.3 cm³/mol. The van der Waals surface area contributed by atoms with Crippen LogP contribution in [-0.4, -0.2) is 25.7 Å². The van der Waals surface area contributed by atoms with Crippen molar-refractivity contribution >= 4 is 20.6 Å². The summed E-state index contributed by atoms with van der Waals surface area (Å²) in [5.74, 6) is -0.795. The van der Waals surface area contributed by atoms with E-state index in [4.69, 9.17) is 5.11 Å². The maximum absolute atomic E-state index is 10.3. The van der Waals surface area contributed by atoms with Gasteiger partial charge in [0.25, 0.3) is 0 Å². The van der Waals surface area contributed by atoms with Gasteiger partial charge in [0, 0.05) is 0 Å². The molecule has 0 aliphatic carbocycles. The monoisotopic (exact) mass is 218 g/mol. The van der Waals surface area contributed by atoms with Crippen LogP contribution in [0.1, 0.15) is 13.3 Å². The minimum atomic E-state index is -0.795. The molecule has 0 radical (unpaired) electrons. The van der Waals surface area contributed by atoms with Gasteiger partial charge in [-0.15, -0.1) is 0 Å². The molecule has 0 aromatic carbocycles.